The van der Waals surface area contributed by atoms with Gasteiger partial charge in [0.25, 0.3) is 5.89 Å². The molecular weight excluding hydrogens is 270 g/mol. The third kappa shape index (κ3) is 2.94. The Hall–Kier alpha value is -1.20. The van der Waals surface area contributed by atoms with E-state index in [0.29, 0.717) is 12.3 Å². The summed E-state index contributed by atoms with van der Waals surface area (Å²) in [5.74, 6) is 1.37. The van der Waals surface area contributed by atoms with Gasteiger partial charge < -0.3 is 10.3 Å². The van der Waals surface area contributed by atoms with Crippen LogP contribution in [0.4, 0.5) is 0 Å². The van der Waals surface area contributed by atoms with Gasteiger partial charge in [-0.15, -0.1) is 11.3 Å². The highest BCUT2D eigenvalue weighted by Gasteiger charge is 2.17. The summed E-state index contributed by atoms with van der Waals surface area (Å²) in [6, 6.07) is 2.35. The Bertz CT molecular complexity index is 552. The maximum absolute atomic E-state index is 5.93. The van der Waals surface area contributed by atoms with Gasteiger partial charge in [-0.2, -0.15) is 4.98 Å². The summed E-state index contributed by atoms with van der Waals surface area (Å²) in [6.07, 6.45) is 7.94. The van der Waals surface area contributed by atoms with Crippen molar-refractivity contribution < 1.29 is 4.52 Å². The second kappa shape index (κ2) is 6.06. The lowest BCUT2D eigenvalue weighted by atomic mass is 10.1. The molecule has 0 aliphatic heterocycles. The first-order chi connectivity index (χ1) is 9.76. The SMILES string of the molecule is CCC(N)Cc1noc(-c2cc3c(s2)CCCCC3)n1. The fourth-order valence-electron chi connectivity index (χ4n) is 2.59. The smallest absolute Gasteiger partial charge is 0.268 e. The van der Waals surface area contributed by atoms with Crippen molar-refractivity contribution in [2.45, 2.75) is 57.9 Å². The molecule has 1 aliphatic rings. The largest absolute Gasteiger partial charge is 0.333 e. The first-order valence-corrected chi connectivity index (χ1v) is 8.28. The van der Waals surface area contributed by atoms with Gasteiger partial charge in [-0.05, 0) is 43.7 Å². The van der Waals surface area contributed by atoms with Crippen molar-refractivity contribution in [3.8, 4) is 10.8 Å². The third-order valence-corrected chi connectivity index (χ3v) is 5.12. The summed E-state index contributed by atoms with van der Waals surface area (Å²) >= 11 is 1.81. The van der Waals surface area contributed by atoms with Crippen molar-refractivity contribution in [2.24, 2.45) is 5.73 Å². The average Bonchev–Trinajstić information content (AvgIpc) is 3.01. The Morgan fingerprint density at radius 2 is 2.20 bits per heavy atom. The molecule has 20 heavy (non-hydrogen) atoms. The lowest BCUT2D eigenvalue weighted by Crippen LogP contribution is -2.21. The van der Waals surface area contributed by atoms with Gasteiger partial charge in [0.2, 0.25) is 0 Å². The molecule has 1 unspecified atom stereocenters. The first-order valence-electron chi connectivity index (χ1n) is 7.46. The molecule has 2 heterocycles. The molecule has 2 aromatic heterocycles. The van der Waals surface area contributed by atoms with E-state index in [1.165, 1.54) is 42.5 Å². The van der Waals surface area contributed by atoms with E-state index in [4.69, 9.17) is 10.3 Å². The quantitative estimate of drug-likeness (QED) is 0.877. The highest BCUT2D eigenvalue weighted by atomic mass is 32.1. The molecule has 5 heteroatoms. The van der Waals surface area contributed by atoms with Crippen LogP contribution in [0.15, 0.2) is 10.6 Å². The van der Waals surface area contributed by atoms with E-state index in [1.807, 2.05) is 11.3 Å². The predicted molar refractivity (Wildman–Crippen MR) is 80.8 cm³/mol. The molecule has 2 aromatic rings. The average molecular weight is 291 g/mol. The van der Waals surface area contributed by atoms with Crippen molar-refractivity contribution in [3.05, 3.63) is 22.3 Å². The van der Waals surface area contributed by atoms with E-state index in [-0.39, 0.29) is 6.04 Å². The van der Waals surface area contributed by atoms with E-state index < -0.39 is 0 Å². The van der Waals surface area contributed by atoms with E-state index >= 15 is 0 Å². The third-order valence-electron chi connectivity index (χ3n) is 3.89. The molecule has 0 saturated heterocycles. The van der Waals surface area contributed by atoms with Gasteiger partial charge in [0.1, 0.15) is 0 Å². The highest BCUT2D eigenvalue weighted by molar-refractivity contribution is 7.15. The highest BCUT2D eigenvalue weighted by Crippen LogP contribution is 2.34. The number of hydrogen-bond donors (Lipinski definition) is 1. The number of aryl methyl sites for hydroxylation is 2. The summed E-state index contributed by atoms with van der Waals surface area (Å²) in [7, 11) is 0. The number of thiophene rings is 1. The summed E-state index contributed by atoms with van der Waals surface area (Å²) in [5.41, 5.74) is 7.41. The maximum Gasteiger partial charge on any atom is 0.268 e. The standard InChI is InChI=1S/C15H21N3OS/c1-2-11(16)9-14-17-15(19-18-14)13-8-10-6-4-3-5-7-12(10)20-13/h8,11H,2-7,9,16H2,1H3. The van der Waals surface area contributed by atoms with Crippen LogP contribution in [0.3, 0.4) is 0 Å². The molecule has 0 amide bonds. The van der Waals surface area contributed by atoms with Gasteiger partial charge in [-0.1, -0.05) is 18.5 Å². The molecule has 0 bridgehead atoms. The zero-order valence-electron chi connectivity index (χ0n) is 11.9. The minimum absolute atomic E-state index is 0.112. The number of rotatable bonds is 4. The number of nitrogens with zero attached hydrogens (tertiary/aromatic N) is 2. The summed E-state index contributed by atoms with van der Waals surface area (Å²) in [4.78, 5) is 7.10. The normalized spacial score (nSPS) is 16.7. The Morgan fingerprint density at radius 1 is 1.35 bits per heavy atom. The van der Waals surface area contributed by atoms with E-state index in [9.17, 15) is 0 Å². The molecule has 0 fully saturated rings. The van der Waals surface area contributed by atoms with Gasteiger partial charge in [0.05, 0.1) is 4.88 Å². The summed E-state index contributed by atoms with van der Waals surface area (Å²) in [6.45, 7) is 2.07. The van der Waals surface area contributed by atoms with Crippen LogP contribution in [0.25, 0.3) is 10.8 Å². The van der Waals surface area contributed by atoms with Gasteiger partial charge in [-0.3, -0.25) is 0 Å². The topological polar surface area (TPSA) is 64.9 Å². The molecule has 2 N–H and O–H groups in total. The number of fused-ring (bicyclic) bond motifs is 1. The maximum atomic E-state index is 5.93. The number of aromatic nitrogens is 2. The minimum atomic E-state index is 0.112. The number of hydrogen-bond acceptors (Lipinski definition) is 5. The van der Waals surface area contributed by atoms with Gasteiger partial charge in [-0.25, -0.2) is 0 Å². The lowest BCUT2D eigenvalue weighted by molar-refractivity contribution is 0.420. The second-order valence-corrected chi connectivity index (χ2v) is 6.64. The van der Waals surface area contributed by atoms with E-state index in [2.05, 4.69) is 23.1 Å². The van der Waals surface area contributed by atoms with E-state index in [1.54, 1.807) is 0 Å². The molecule has 1 aliphatic carbocycles. The van der Waals surface area contributed by atoms with Crippen molar-refractivity contribution in [3.63, 3.8) is 0 Å². The second-order valence-electron chi connectivity index (χ2n) is 5.51. The van der Waals surface area contributed by atoms with Crippen molar-refractivity contribution >= 4 is 11.3 Å². The van der Waals surface area contributed by atoms with Gasteiger partial charge in [0.15, 0.2) is 5.82 Å². The summed E-state index contributed by atoms with van der Waals surface area (Å²) < 4.78 is 5.40. The van der Waals surface area contributed by atoms with Crippen LogP contribution in [-0.4, -0.2) is 16.2 Å². The molecule has 4 nitrogen and oxygen atoms in total. The lowest BCUT2D eigenvalue weighted by Gasteiger charge is -2.02. The van der Waals surface area contributed by atoms with Crippen molar-refractivity contribution in [2.75, 3.05) is 0 Å². The van der Waals surface area contributed by atoms with Crippen LogP contribution >= 0.6 is 11.3 Å². The van der Waals surface area contributed by atoms with Crippen LogP contribution in [0.2, 0.25) is 0 Å². The molecule has 0 aromatic carbocycles. The molecule has 108 valence electrons. The van der Waals surface area contributed by atoms with Crippen LogP contribution in [-0.2, 0) is 19.3 Å². The molecule has 3 rings (SSSR count). The Balaban J connectivity index is 1.79. The van der Waals surface area contributed by atoms with Crippen LogP contribution in [0, 0.1) is 0 Å². The predicted octanol–water partition coefficient (Wildman–Crippen LogP) is 3.35. The molecule has 0 saturated carbocycles. The van der Waals surface area contributed by atoms with Crippen LogP contribution < -0.4 is 5.73 Å². The first kappa shape index (κ1) is 13.8. The minimum Gasteiger partial charge on any atom is -0.333 e. The molecule has 0 spiro atoms. The molecular formula is C15H21N3OS. The van der Waals surface area contributed by atoms with Gasteiger partial charge in [0, 0.05) is 17.3 Å². The van der Waals surface area contributed by atoms with Gasteiger partial charge >= 0.3 is 0 Å². The van der Waals surface area contributed by atoms with Crippen molar-refractivity contribution in [1.82, 2.24) is 10.1 Å². The number of nitrogens with two attached hydrogens (primary N) is 1. The van der Waals surface area contributed by atoms with Crippen LogP contribution in [0.1, 0.15) is 48.9 Å². The van der Waals surface area contributed by atoms with Crippen LogP contribution in [0.5, 0.6) is 0 Å². The zero-order valence-corrected chi connectivity index (χ0v) is 12.7. The Kier molecular flexibility index (Phi) is 4.17. The molecule has 1 atom stereocenters. The van der Waals surface area contributed by atoms with E-state index in [0.717, 1.165) is 17.1 Å². The zero-order chi connectivity index (χ0) is 13.9. The Morgan fingerprint density at radius 3 is 3.05 bits per heavy atom. The monoisotopic (exact) mass is 291 g/mol. The fraction of sp³-hybridized carbons (Fsp3) is 0.600. The summed E-state index contributed by atoms with van der Waals surface area (Å²) in [5, 5.41) is 4.05. The molecule has 0 radical (unpaired) electrons. The fourth-order valence-corrected chi connectivity index (χ4v) is 3.76. The van der Waals surface area contributed by atoms with Crippen molar-refractivity contribution in [1.29, 1.82) is 0 Å². The Labute approximate surface area is 123 Å².